The van der Waals surface area contributed by atoms with Gasteiger partial charge in [-0.3, -0.25) is 0 Å². The fourth-order valence-corrected chi connectivity index (χ4v) is 0.998. The topological polar surface area (TPSA) is 66.2 Å². The summed E-state index contributed by atoms with van der Waals surface area (Å²) in [5.74, 6) is -1.12. The van der Waals surface area contributed by atoms with Crippen molar-refractivity contribution in [1.82, 2.24) is 0 Å². The van der Waals surface area contributed by atoms with Crippen molar-refractivity contribution in [3.8, 4) is 0 Å². The summed E-state index contributed by atoms with van der Waals surface area (Å²) < 4.78 is 0. The van der Waals surface area contributed by atoms with Crippen LogP contribution in [0.4, 0.5) is 0 Å². The van der Waals surface area contributed by atoms with Crippen LogP contribution in [0.25, 0.3) is 0 Å². The quantitative estimate of drug-likeness (QED) is 0.508. The van der Waals surface area contributed by atoms with Crippen molar-refractivity contribution in [2.45, 2.75) is 12.5 Å². The van der Waals surface area contributed by atoms with Crippen LogP contribution >= 0.6 is 0 Å². The SMILES string of the molecule is N[C@@H](CC(=O)[O-])c1ccccc1.[Na+]. The van der Waals surface area contributed by atoms with Gasteiger partial charge in [0.1, 0.15) is 0 Å². The smallest absolute Gasteiger partial charge is 0.550 e. The average Bonchev–Trinajstić information content (AvgIpc) is 2.05. The molecular formula is C9H10NNaO2. The summed E-state index contributed by atoms with van der Waals surface area (Å²) in [5.41, 5.74) is 6.40. The van der Waals surface area contributed by atoms with Gasteiger partial charge < -0.3 is 15.6 Å². The number of carboxylic acid groups (broad SMARTS) is 1. The van der Waals surface area contributed by atoms with Gasteiger partial charge in [0.2, 0.25) is 0 Å². The molecule has 0 saturated carbocycles. The molecule has 0 aliphatic rings. The van der Waals surface area contributed by atoms with Gasteiger partial charge in [-0.25, -0.2) is 0 Å². The first-order chi connectivity index (χ1) is 5.70. The molecule has 3 nitrogen and oxygen atoms in total. The minimum absolute atomic E-state index is 0. The summed E-state index contributed by atoms with van der Waals surface area (Å²) in [6.45, 7) is 0. The molecule has 1 aromatic rings. The number of carboxylic acids is 1. The number of rotatable bonds is 3. The first kappa shape index (κ1) is 12.7. The van der Waals surface area contributed by atoms with E-state index in [1.54, 1.807) is 12.1 Å². The zero-order chi connectivity index (χ0) is 8.97. The van der Waals surface area contributed by atoms with Crippen molar-refractivity contribution in [2.75, 3.05) is 0 Å². The van der Waals surface area contributed by atoms with E-state index in [9.17, 15) is 9.90 Å². The van der Waals surface area contributed by atoms with E-state index in [2.05, 4.69) is 0 Å². The molecule has 0 amide bonds. The summed E-state index contributed by atoms with van der Waals surface area (Å²) in [7, 11) is 0. The Morgan fingerprint density at radius 2 is 1.92 bits per heavy atom. The van der Waals surface area contributed by atoms with Crippen LogP contribution in [0, 0.1) is 0 Å². The summed E-state index contributed by atoms with van der Waals surface area (Å²) in [5, 5.41) is 10.2. The molecule has 1 rings (SSSR count). The van der Waals surface area contributed by atoms with Crippen LogP contribution in [0.3, 0.4) is 0 Å². The molecule has 1 atom stereocenters. The molecule has 0 bridgehead atoms. The Labute approximate surface area is 99.2 Å². The monoisotopic (exact) mass is 187 g/mol. The van der Waals surface area contributed by atoms with E-state index in [-0.39, 0.29) is 36.0 Å². The van der Waals surface area contributed by atoms with Gasteiger partial charge in [0.05, 0.1) is 0 Å². The first-order valence-corrected chi connectivity index (χ1v) is 3.70. The molecule has 0 radical (unpaired) electrons. The van der Waals surface area contributed by atoms with Crippen molar-refractivity contribution < 1.29 is 39.5 Å². The Bertz CT molecular complexity index is 264. The summed E-state index contributed by atoms with van der Waals surface area (Å²) in [4.78, 5) is 10.2. The van der Waals surface area contributed by atoms with E-state index >= 15 is 0 Å². The minimum atomic E-state index is -1.12. The van der Waals surface area contributed by atoms with Crippen LogP contribution in [0.5, 0.6) is 0 Å². The molecule has 0 heterocycles. The molecule has 0 spiro atoms. The van der Waals surface area contributed by atoms with E-state index in [1.165, 1.54) is 0 Å². The Balaban J connectivity index is 0.00000144. The molecule has 4 heteroatoms. The maximum absolute atomic E-state index is 10.2. The molecule has 0 aliphatic carbocycles. The van der Waals surface area contributed by atoms with Crippen LogP contribution < -0.4 is 40.4 Å². The third kappa shape index (κ3) is 4.43. The number of carbonyl (C=O) groups excluding carboxylic acids is 1. The largest absolute Gasteiger partial charge is 1.00 e. The summed E-state index contributed by atoms with van der Waals surface area (Å²) in [6.07, 6.45) is -0.135. The Kier molecular flexibility index (Phi) is 5.99. The van der Waals surface area contributed by atoms with Crippen molar-refractivity contribution in [2.24, 2.45) is 5.73 Å². The fraction of sp³-hybridized carbons (Fsp3) is 0.222. The normalized spacial score (nSPS) is 11.5. The molecule has 0 aliphatic heterocycles. The first-order valence-electron chi connectivity index (χ1n) is 3.70. The van der Waals surface area contributed by atoms with Crippen molar-refractivity contribution >= 4 is 5.97 Å². The van der Waals surface area contributed by atoms with Crippen LogP contribution in [-0.2, 0) is 4.79 Å². The van der Waals surface area contributed by atoms with Gasteiger partial charge >= 0.3 is 29.6 Å². The molecular weight excluding hydrogens is 177 g/mol. The number of carbonyl (C=O) groups is 1. The Hall–Kier alpha value is -0.350. The van der Waals surface area contributed by atoms with Crippen LogP contribution in [-0.4, -0.2) is 5.97 Å². The molecule has 0 fully saturated rings. The number of aliphatic carboxylic acids is 1. The van der Waals surface area contributed by atoms with E-state index in [0.717, 1.165) is 5.56 Å². The molecule has 1 aromatic carbocycles. The van der Waals surface area contributed by atoms with Crippen molar-refractivity contribution in [3.63, 3.8) is 0 Å². The number of hydrogen-bond donors (Lipinski definition) is 1. The van der Waals surface area contributed by atoms with Gasteiger partial charge in [0.15, 0.2) is 0 Å². The predicted molar refractivity (Wildman–Crippen MR) is 43.0 cm³/mol. The number of hydrogen-bond acceptors (Lipinski definition) is 3. The van der Waals surface area contributed by atoms with Gasteiger partial charge in [0, 0.05) is 18.4 Å². The minimum Gasteiger partial charge on any atom is -0.550 e. The van der Waals surface area contributed by atoms with Crippen molar-refractivity contribution in [1.29, 1.82) is 0 Å². The maximum atomic E-state index is 10.2. The predicted octanol–water partition coefficient (Wildman–Crippen LogP) is -3.17. The number of benzene rings is 1. The standard InChI is InChI=1S/C9H11NO2.Na/c10-8(6-9(11)12)7-4-2-1-3-5-7;/h1-5,8H,6,10H2,(H,11,12);/q;+1/p-1/t8-;/m0./s1. The maximum Gasteiger partial charge on any atom is 1.00 e. The summed E-state index contributed by atoms with van der Waals surface area (Å²) in [6, 6.07) is 8.64. The zero-order valence-corrected chi connectivity index (χ0v) is 9.57. The molecule has 0 saturated heterocycles. The van der Waals surface area contributed by atoms with Crippen LogP contribution in [0.1, 0.15) is 18.0 Å². The van der Waals surface area contributed by atoms with E-state index in [0.29, 0.717) is 0 Å². The van der Waals surface area contributed by atoms with Gasteiger partial charge in [-0.15, -0.1) is 0 Å². The molecule has 13 heavy (non-hydrogen) atoms. The Morgan fingerprint density at radius 1 is 1.38 bits per heavy atom. The second-order valence-electron chi connectivity index (χ2n) is 2.59. The van der Waals surface area contributed by atoms with Gasteiger partial charge in [-0.1, -0.05) is 30.3 Å². The van der Waals surface area contributed by atoms with Crippen molar-refractivity contribution in [3.05, 3.63) is 35.9 Å². The zero-order valence-electron chi connectivity index (χ0n) is 7.57. The van der Waals surface area contributed by atoms with Gasteiger partial charge in [-0.2, -0.15) is 0 Å². The van der Waals surface area contributed by atoms with E-state index in [4.69, 9.17) is 5.73 Å². The third-order valence-corrected chi connectivity index (χ3v) is 1.61. The molecule has 64 valence electrons. The second-order valence-corrected chi connectivity index (χ2v) is 2.59. The second kappa shape index (κ2) is 6.16. The average molecular weight is 187 g/mol. The van der Waals surface area contributed by atoms with Gasteiger partial charge in [0.25, 0.3) is 0 Å². The molecule has 0 aromatic heterocycles. The number of nitrogens with two attached hydrogens (primary N) is 1. The summed E-state index contributed by atoms with van der Waals surface area (Å²) >= 11 is 0. The third-order valence-electron chi connectivity index (χ3n) is 1.61. The van der Waals surface area contributed by atoms with Crippen LogP contribution in [0.2, 0.25) is 0 Å². The van der Waals surface area contributed by atoms with Gasteiger partial charge in [-0.05, 0) is 5.56 Å². The fourth-order valence-electron chi connectivity index (χ4n) is 0.998. The Morgan fingerprint density at radius 3 is 2.38 bits per heavy atom. The molecule has 2 N–H and O–H groups in total. The van der Waals surface area contributed by atoms with E-state index in [1.807, 2.05) is 18.2 Å². The molecule has 0 unspecified atom stereocenters. The van der Waals surface area contributed by atoms with Crippen LogP contribution in [0.15, 0.2) is 30.3 Å². The van der Waals surface area contributed by atoms with E-state index < -0.39 is 12.0 Å².